The third-order valence-electron chi connectivity index (χ3n) is 3.03. The number of hydrogen-bond donors (Lipinski definition) is 1. The molecule has 0 amide bonds. The van der Waals surface area contributed by atoms with E-state index in [1.165, 1.54) is 13.2 Å². The van der Waals surface area contributed by atoms with Crippen LogP contribution in [0.5, 0.6) is 11.5 Å². The molecular weight excluding hydrogens is 284 g/mol. The molecule has 1 aromatic rings. The van der Waals surface area contributed by atoms with Gasteiger partial charge in [-0.05, 0) is 26.0 Å². The van der Waals surface area contributed by atoms with Crippen LogP contribution in [0.2, 0.25) is 0 Å². The Morgan fingerprint density at radius 2 is 1.95 bits per heavy atom. The molecule has 0 bridgehead atoms. The van der Waals surface area contributed by atoms with Crippen molar-refractivity contribution in [2.24, 2.45) is 0 Å². The Balaban J connectivity index is 2.10. The third-order valence-corrected chi connectivity index (χ3v) is 3.03. The van der Waals surface area contributed by atoms with Gasteiger partial charge < -0.3 is 24.3 Å². The van der Waals surface area contributed by atoms with Gasteiger partial charge in [-0.3, -0.25) is 0 Å². The van der Waals surface area contributed by atoms with E-state index in [2.05, 4.69) is 10.1 Å². The van der Waals surface area contributed by atoms with Gasteiger partial charge in [-0.15, -0.1) is 0 Å². The Labute approximate surface area is 122 Å². The molecule has 0 aliphatic carbocycles. The molecule has 118 valence electrons. The smallest absolute Gasteiger partial charge is 0.387 e. The second-order valence-corrected chi connectivity index (χ2v) is 5.10. The van der Waals surface area contributed by atoms with Crippen LogP contribution in [-0.4, -0.2) is 38.8 Å². The van der Waals surface area contributed by atoms with Crippen molar-refractivity contribution in [2.45, 2.75) is 32.3 Å². The first kappa shape index (κ1) is 15.8. The van der Waals surface area contributed by atoms with Crippen LogP contribution in [0.4, 0.5) is 14.5 Å². The Morgan fingerprint density at radius 1 is 1.29 bits per heavy atom. The van der Waals surface area contributed by atoms with Crippen LogP contribution in [0, 0.1) is 0 Å². The zero-order valence-electron chi connectivity index (χ0n) is 12.2. The van der Waals surface area contributed by atoms with E-state index in [1.54, 1.807) is 12.1 Å². The lowest BCUT2D eigenvalue weighted by Crippen LogP contribution is -2.45. The van der Waals surface area contributed by atoms with Gasteiger partial charge in [0.2, 0.25) is 0 Å². The van der Waals surface area contributed by atoms with Crippen LogP contribution < -0.4 is 14.8 Å². The first-order chi connectivity index (χ1) is 9.89. The van der Waals surface area contributed by atoms with E-state index in [0.717, 1.165) is 0 Å². The number of hydrogen-bond acceptors (Lipinski definition) is 5. The van der Waals surface area contributed by atoms with Gasteiger partial charge >= 0.3 is 6.61 Å². The fourth-order valence-electron chi connectivity index (χ4n) is 1.94. The van der Waals surface area contributed by atoms with Gasteiger partial charge in [0.15, 0.2) is 5.79 Å². The van der Waals surface area contributed by atoms with Crippen molar-refractivity contribution in [3.8, 4) is 11.5 Å². The van der Waals surface area contributed by atoms with Gasteiger partial charge in [0.25, 0.3) is 0 Å². The molecule has 0 atom stereocenters. The summed E-state index contributed by atoms with van der Waals surface area (Å²) >= 11 is 0. The summed E-state index contributed by atoms with van der Waals surface area (Å²) in [5, 5.41) is 3.08. The normalized spacial score (nSPS) is 18.6. The molecule has 0 radical (unpaired) electrons. The van der Waals surface area contributed by atoms with Gasteiger partial charge in [-0.2, -0.15) is 8.78 Å². The van der Waals surface area contributed by atoms with Crippen molar-refractivity contribution in [1.82, 2.24) is 0 Å². The van der Waals surface area contributed by atoms with Crippen molar-refractivity contribution >= 4 is 5.69 Å². The van der Waals surface area contributed by atoms with Crippen molar-refractivity contribution in [1.29, 1.82) is 0 Å². The summed E-state index contributed by atoms with van der Waals surface area (Å²) in [6.45, 7) is 1.55. The topological polar surface area (TPSA) is 49.0 Å². The van der Waals surface area contributed by atoms with Crippen molar-refractivity contribution < 1.29 is 27.7 Å². The predicted molar refractivity (Wildman–Crippen MR) is 73.0 cm³/mol. The van der Waals surface area contributed by atoms with E-state index < -0.39 is 12.4 Å². The highest BCUT2D eigenvalue weighted by Gasteiger charge is 2.28. The maximum Gasteiger partial charge on any atom is 0.387 e. The number of methoxy groups -OCH3 is 1. The lowest BCUT2D eigenvalue weighted by molar-refractivity contribution is -0.247. The third kappa shape index (κ3) is 4.44. The van der Waals surface area contributed by atoms with Crippen molar-refractivity contribution in [2.75, 3.05) is 25.6 Å². The van der Waals surface area contributed by atoms with Crippen LogP contribution >= 0.6 is 0 Å². The number of anilines is 1. The fraction of sp³-hybridized carbons (Fsp3) is 0.571. The van der Waals surface area contributed by atoms with Crippen LogP contribution in [-0.2, 0) is 9.47 Å². The van der Waals surface area contributed by atoms with Crippen molar-refractivity contribution in [3.05, 3.63) is 18.2 Å². The lowest BCUT2D eigenvalue weighted by Gasteiger charge is -2.35. The first-order valence-corrected chi connectivity index (χ1v) is 6.57. The molecule has 1 saturated heterocycles. The second-order valence-electron chi connectivity index (χ2n) is 5.10. The minimum Gasteiger partial charge on any atom is -0.497 e. The van der Waals surface area contributed by atoms with Crippen LogP contribution in [0.3, 0.4) is 0 Å². The average molecular weight is 303 g/mol. The molecule has 1 N–H and O–H groups in total. The minimum absolute atomic E-state index is 0.0515. The maximum atomic E-state index is 12.4. The highest BCUT2D eigenvalue weighted by atomic mass is 19.3. The van der Waals surface area contributed by atoms with Crippen LogP contribution in [0.1, 0.15) is 13.8 Å². The molecular formula is C14H19F2NO4. The van der Waals surface area contributed by atoms with E-state index in [1.807, 2.05) is 13.8 Å². The van der Waals surface area contributed by atoms with Gasteiger partial charge in [-0.25, -0.2) is 0 Å². The van der Waals surface area contributed by atoms with Gasteiger partial charge in [0, 0.05) is 6.07 Å². The number of ether oxygens (including phenoxy) is 4. The summed E-state index contributed by atoms with van der Waals surface area (Å²) in [6.07, 6.45) is 0. The maximum absolute atomic E-state index is 12.4. The Bertz CT molecular complexity index is 472. The molecule has 0 aromatic heterocycles. The van der Waals surface area contributed by atoms with Crippen LogP contribution in [0.25, 0.3) is 0 Å². The van der Waals surface area contributed by atoms with Crippen LogP contribution in [0.15, 0.2) is 18.2 Å². The van der Waals surface area contributed by atoms with E-state index in [4.69, 9.17) is 14.2 Å². The van der Waals surface area contributed by atoms with Gasteiger partial charge in [-0.1, -0.05) is 0 Å². The summed E-state index contributed by atoms with van der Waals surface area (Å²) in [7, 11) is 1.50. The molecule has 1 aliphatic rings. The molecule has 21 heavy (non-hydrogen) atoms. The number of alkyl halides is 2. The zero-order chi connectivity index (χ0) is 15.5. The Kier molecular flexibility index (Phi) is 4.84. The minimum atomic E-state index is -2.89. The zero-order valence-corrected chi connectivity index (χ0v) is 12.2. The Morgan fingerprint density at radius 3 is 2.52 bits per heavy atom. The standard InChI is InChI=1S/C14H19F2NO4/c1-14(2)19-7-9(8-20-14)17-11-6-10(18-3)4-5-12(11)21-13(15)16/h4-6,9,13,17H,7-8H2,1-3H3. The average Bonchev–Trinajstić information content (AvgIpc) is 2.42. The quantitative estimate of drug-likeness (QED) is 0.906. The van der Waals surface area contributed by atoms with E-state index in [9.17, 15) is 8.78 Å². The fourth-order valence-corrected chi connectivity index (χ4v) is 1.94. The van der Waals surface area contributed by atoms with Gasteiger partial charge in [0.1, 0.15) is 11.5 Å². The Hall–Kier alpha value is -1.60. The highest BCUT2D eigenvalue weighted by Crippen LogP contribution is 2.31. The number of halogens is 2. The number of rotatable bonds is 5. The van der Waals surface area contributed by atoms with Gasteiger partial charge in [0.05, 0.1) is 32.1 Å². The molecule has 0 spiro atoms. The largest absolute Gasteiger partial charge is 0.497 e. The highest BCUT2D eigenvalue weighted by molar-refractivity contribution is 5.60. The number of nitrogens with one attached hydrogen (secondary N) is 1. The molecule has 0 saturated carbocycles. The summed E-state index contributed by atoms with van der Waals surface area (Å²) in [5.41, 5.74) is 0.409. The number of benzene rings is 1. The monoisotopic (exact) mass is 303 g/mol. The second kappa shape index (κ2) is 6.44. The summed E-state index contributed by atoms with van der Waals surface area (Å²) in [4.78, 5) is 0. The molecule has 1 heterocycles. The van der Waals surface area contributed by atoms with E-state index in [0.29, 0.717) is 24.7 Å². The molecule has 1 aliphatic heterocycles. The first-order valence-electron chi connectivity index (χ1n) is 6.57. The molecule has 5 nitrogen and oxygen atoms in total. The van der Waals surface area contributed by atoms with Crippen molar-refractivity contribution in [3.63, 3.8) is 0 Å². The molecule has 1 aromatic carbocycles. The van der Waals surface area contributed by atoms with E-state index in [-0.39, 0.29) is 11.8 Å². The molecule has 7 heteroatoms. The molecule has 0 unspecified atom stereocenters. The predicted octanol–water partition coefficient (Wildman–Crippen LogP) is 2.86. The summed E-state index contributed by atoms with van der Waals surface area (Å²) in [6, 6.07) is 4.42. The lowest BCUT2D eigenvalue weighted by atomic mass is 10.2. The summed E-state index contributed by atoms with van der Waals surface area (Å²) < 4.78 is 45.5. The molecule has 2 rings (SSSR count). The van der Waals surface area contributed by atoms with E-state index >= 15 is 0 Å². The SMILES string of the molecule is COc1ccc(OC(F)F)c(NC2COC(C)(C)OC2)c1. The summed E-state index contributed by atoms with van der Waals surface area (Å²) in [5.74, 6) is -0.0396. The molecule has 1 fully saturated rings.